The summed E-state index contributed by atoms with van der Waals surface area (Å²) >= 11 is 5.19. The maximum absolute atomic E-state index is 12.7. The number of nitrogens with one attached hydrogen (secondary N) is 3. The summed E-state index contributed by atoms with van der Waals surface area (Å²) in [6.07, 6.45) is 0. The summed E-state index contributed by atoms with van der Waals surface area (Å²) in [7, 11) is -2.45. The monoisotopic (exact) mass is 457 g/mol. The first kappa shape index (κ1) is 22.2. The van der Waals surface area contributed by atoms with Gasteiger partial charge in [-0.1, -0.05) is 24.3 Å². The van der Waals surface area contributed by atoms with Crippen LogP contribution < -0.4 is 20.1 Å². The fourth-order valence-corrected chi connectivity index (χ4v) is 4.07. The lowest BCUT2D eigenvalue weighted by atomic mass is 10.1. The van der Waals surface area contributed by atoms with E-state index in [0.29, 0.717) is 17.0 Å². The summed E-state index contributed by atoms with van der Waals surface area (Å²) in [4.78, 5) is 23.7. The number of benzene rings is 3. The number of hydrogen-bond acceptors (Lipinski definition) is 6. The summed E-state index contributed by atoms with van der Waals surface area (Å²) < 4.78 is 31.2. The lowest BCUT2D eigenvalue weighted by Gasteiger charge is -2.13. The van der Waals surface area contributed by atoms with Gasteiger partial charge in [0, 0.05) is 12.6 Å². The third kappa shape index (κ3) is 5.36. The molecule has 0 fully saturated rings. The van der Waals surface area contributed by atoms with Crippen LogP contribution in [0.15, 0.2) is 65.6 Å². The van der Waals surface area contributed by atoms with E-state index in [-0.39, 0.29) is 10.0 Å². The number of fused-ring (bicyclic) bond motifs is 1. The third-order valence-corrected chi connectivity index (χ3v) is 5.89. The predicted molar refractivity (Wildman–Crippen MR) is 122 cm³/mol. The molecule has 0 aliphatic heterocycles. The van der Waals surface area contributed by atoms with Gasteiger partial charge < -0.3 is 10.1 Å². The van der Waals surface area contributed by atoms with Crippen LogP contribution >= 0.6 is 12.2 Å². The molecule has 0 bridgehead atoms. The average Bonchev–Trinajstić information content (AvgIpc) is 2.72. The van der Waals surface area contributed by atoms with Crippen LogP contribution in [-0.2, 0) is 14.8 Å². The molecule has 0 radical (unpaired) electrons. The van der Waals surface area contributed by atoms with Gasteiger partial charge in [-0.25, -0.2) is 13.1 Å². The van der Waals surface area contributed by atoms with Crippen molar-refractivity contribution in [3.05, 3.63) is 66.2 Å². The van der Waals surface area contributed by atoms with Gasteiger partial charge in [0.2, 0.25) is 5.91 Å². The van der Waals surface area contributed by atoms with Crippen LogP contribution in [0.3, 0.4) is 0 Å². The standard InChI is InChI=1S/C21H19N3O5S2/c1-13(25)24-31(27,28)17-9-7-16(8-10-17)22-21(30)23-20(26)18-11-14-5-3-4-6-15(14)12-19(18)29-2/h3-12H,1-2H3,(H,24,25)(H2,22,23,26,30). The molecule has 0 unspecified atom stereocenters. The highest BCUT2D eigenvalue weighted by atomic mass is 32.2. The molecule has 0 atom stereocenters. The van der Waals surface area contributed by atoms with Crippen LogP contribution in [-0.4, -0.2) is 32.5 Å². The smallest absolute Gasteiger partial charge is 0.264 e. The normalized spacial score (nSPS) is 10.9. The van der Waals surface area contributed by atoms with Crippen molar-refractivity contribution in [2.45, 2.75) is 11.8 Å². The topological polar surface area (TPSA) is 114 Å². The summed E-state index contributed by atoms with van der Waals surface area (Å²) in [6.45, 7) is 1.11. The lowest BCUT2D eigenvalue weighted by Crippen LogP contribution is -2.34. The van der Waals surface area contributed by atoms with Crippen LogP contribution in [0.25, 0.3) is 10.8 Å². The number of ether oxygens (including phenoxy) is 1. The number of rotatable bonds is 5. The van der Waals surface area contributed by atoms with E-state index in [0.717, 1.165) is 17.7 Å². The average molecular weight is 458 g/mol. The number of sulfonamides is 1. The lowest BCUT2D eigenvalue weighted by molar-refractivity contribution is -0.117. The van der Waals surface area contributed by atoms with E-state index in [1.54, 1.807) is 12.1 Å². The third-order valence-electron chi connectivity index (χ3n) is 4.24. The summed E-state index contributed by atoms with van der Waals surface area (Å²) in [5, 5.41) is 7.23. The molecule has 0 spiro atoms. The van der Waals surface area contributed by atoms with Crippen molar-refractivity contribution >= 4 is 55.6 Å². The number of amides is 2. The number of carbonyl (C=O) groups excluding carboxylic acids is 2. The van der Waals surface area contributed by atoms with E-state index in [2.05, 4.69) is 10.6 Å². The summed E-state index contributed by atoms with van der Waals surface area (Å²) in [6, 6.07) is 16.6. The Balaban J connectivity index is 1.72. The molecule has 0 heterocycles. The molecule has 10 heteroatoms. The molecule has 0 aliphatic carbocycles. The highest BCUT2D eigenvalue weighted by Crippen LogP contribution is 2.26. The van der Waals surface area contributed by atoms with Gasteiger partial charge in [-0.05, 0) is 59.4 Å². The molecule has 2 amide bonds. The molecule has 160 valence electrons. The van der Waals surface area contributed by atoms with Gasteiger partial charge in [0.1, 0.15) is 5.75 Å². The molecule has 31 heavy (non-hydrogen) atoms. The Morgan fingerprint density at radius 1 is 0.968 bits per heavy atom. The number of hydrogen-bond donors (Lipinski definition) is 3. The van der Waals surface area contributed by atoms with Crippen LogP contribution in [0.4, 0.5) is 5.69 Å². The highest BCUT2D eigenvalue weighted by molar-refractivity contribution is 7.90. The Bertz CT molecular complexity index is 1270. The first-order valence-corrected chi connectivity index (χ1v) is 10.9. The Kier molecular flexibility index (Phi) is 6.52. The second-order valence-corrected chi connectivity index (χ2v) is 8.58. The quantitative estimate of drug-likeness (QED) is 0.505. The second kappa shape index (κ2) is 9.11. The Hall–Kier alpha value is -3.50. The zero-order valence-electron chi connectivity index (χ0n) is 16.6. The van der Waals surface area contributed by atoms with E-state index in [9.17, 15) is 18.0 Å². The summed E-state index contributed by atoms with van der Waals surface area (Å²) in [5.74, 6) is -0.730. The Morgan fingerprint density at radius 2 is 1.58 bits per heavy atom. The largest absolute Gasteiger partial charge is 0.496 e. The zero-order valence-corrected chi connectivity index (χ0v) is 18.3. The van der Waals surface area contributed by atoms with Gasteiger partial charge in [0.25, 0.3) is 15.9 Å². The van der Waals surface area contributed by atoms with Gasteiger partial charge in [0.05, 0.1) is 17.6 Å². The minimum absolute atomic E-state index is 0.0256. The minimum Gasteiger partial charge on any atom is -0.496 e. The van der Waals surface area contributed by atoms with Crippen LogP contribution in [0.1, 0.15) is 17.3 Å². The molecule has 0 aromatic heterocycles. The molecular weight excluding hydrogens is 438 g/mol. The van der Waals surface area contributed by atoms with Crippen LogP contribution in [0, 0.1) is 0 Å². The Morgan fingerprint density at radius 3 is 2.16 bits per heavy atom. The number of methoxy groups -OCH3 is 1. The van der Waals surface area contributed by atoms with Crippen molar-refractivity contribution in [2.24, 2.45) is 0 Å². The number of thiocarbonyl (C=S) groups is 1. The van der Waals surface area contributed by atoms with Crippen LogP contribution in [0.5, 0.6) is 5.75 Å². The number of carbonyl (C=O) groups is 2. The summed E-state index contributed by atoms with van der Waals surface area (Å²) in [5.41, 5.74) is 0.777. The molecule has 0 aliphatic rings. The maximum atomic E-state index is 12.7. The van der Waals surface area contributed by atoms with E-state index in [1.807, 2.05) is 29.0 Å². The van der Waals surface area contributed by atoms with Crippen molar-refractivity contribution in [1.82, 2.24) is 10.0 Å². The van der Waals surface area contributed by atoms with Crippen LogP contribution in [0.2, 0.25) is 0 Å². The van der Waals surface area contributed by atoms with Gasteiger partial charge in [-0.15, -0.1) is 0 Å². The van der Waals surface area contributed by atoms with Gasteiger partial charge >= 0.3 is 0 Å². The minimum atomic E-state index is -3.93. The van der Waals surface area contributed by atoms with Crippen molar-refractivity contribution in [3.63, 3.8) is 0 Å². The molecule has 3 aromatic carbocycles. The fourth-order valence-electron chi connectivity index (χ4n) is 2.86. The van der Waals surface area contributed by atoms with Gasteiger partial charge in [-0.2, -0.15) is 0 Å². The fraction of sp³-hybridized carbons (Fsp3) is 0.0952. The van der Waals surface area contributed by atoms with Gasteiger partial charge in [-0.3, -0.25) is 14.9 Å². The molecule has 0 saturated carbocycles. The van der Waals surface area contributed by atoms with E-state index in [4.69, 9.17) is 17.0 Å². The zero-order chi connectivity index (χ0) is 22.6. The predicted octanol–water partition coefficient (Wildman–Crippen LogP) is 2.80. The van der Waals surface area contributed by atoms with E-state index >= 15 is 0 Å². The van der Waals surface area contributed by atoms with Crippen molar-refractivity contribution in [1.29, 1.82) is 0 Å². The highest BCUT2D eigenvalue weighted by Gasteiger charge is 2.17. The molecular formula is C21H19N3O5S2. The second-order valence-electron chi connectivity index (χ2n) is 6.49. The molecule has 8 nitrogen and oxygen atoms in total. The first-order valence-electron chi connectivity index (χ1n) is 9.02. The molecule has 3 rings (SSSR count). The van der Waals surface area contributed by atoms with Crippen molar-refractivity contribution in [3.8, 4) is 5.75 Å². The SMILES string of the molecule is COc1cc2ccccc2cc1C(=O)NC(=S)Nc1ccc(S(=O)(=O)NC(C)=O)cc1. The van der Waals surface area contributed by atoms with Crippen molar-refractivity contribution in [2.75, 3.05) is 12.4 Å². The van der Waals surface area contributed by atoms with Gasteiger partial charge in [0.15, 0.2) is 5.11 Å². The molecule has 3 N–H and O–H groups in total. The molecule has 0 saturated heterocycles. The van der Waals surface area contributed by atoms with Crippen molar-refractivity contribution < 1.29 is 22.7 Å². The maximum Gasteiger partial charge on any atom is 0.264 e. The first-order chi connectivity index (χ1) is 14.7. The molecule has 3 aromatic rings. The Labute approximate surface area is 184 Å². The number of anilines is 1. The van der Waals surface area contributed by atoms with E-state index in [1.165, 1.54) is 31.4 Å². The van der Waals surface area contributed by atoms with E-state index < -0.39 is 21.8 Å².